The van der Waals surface area contributed by atoms with Crippen molar-refractivity contribution in [3.8, 4) is 10.7 Å². The number of rotatable bonds is 4. The van der Waals surface area contributed by atoms with Crippen molar-refractivity contribution in [2.45, 2.75) is 0 Å². The molecule has 4 aromatic rings. The molecule has 4 rings (SSSR count). The highest BCUT2D eigenvalue weighted by molar-refractivity contribution is 7.22. The Kier molecular flexibility index (Phi) is 4.15. The number of carbonyl (C=O) groups excluding carboxylic acids is 1. The molecule has 0 aliphatic heterocycles. The summed E-state index contributed by atoms with van der Waals surface area (Å²) in [6.45, 7) is 0. The van der Waals surface area contributed by atoms with E-state index < -0.39 is 4.92 Å². The zero-order chi connectivity index (χ0) is 18.1. The Morgan fingerprint density at radius 2 is 1.85 bits per heavy atom. The second-order valence-corrected chi connectivity index (χ2v) is 7.17. The number of hydrogen-bond donors (Lipinski definition) is 1. The van der Waals surface area contributed by atoms with Crippen LogP contribution in [0.25, 0.3) is 20.9 Å². The van der Waals surface area contributed by atoms with Crippen LogP contribution in [-0.4, -0.2) is 20.8 Å². The molecular weight excluding hydrogens is 372 g/mol. The molecule has 1 amide bonds. The average Bonchev–Trinajstić information content (AvgIpc) is 3.28. The highest BCUT2D eigenvalue weighted by Crippen LogP contribution is 2.32. The van der Waals surface area contributed by atoms with Crippen molar-refractivity contribution in [1.29, 1.82) is 0 Å². The average molecular weight is 382 g/mol. The zero-order valence-corrected chi connectivity index (χ0v) is 14.7. The SMILES string of the molecule is O=C(Nc1nc(-c2nc3ccccc3s2)cs1)c1ccc([N+](=O)[O-])cc1. The number of nitrogens with zero attached hydrogens (tertiary/aromatic N) is 3. The highest BCUT2D eigenvalue weighted by Gasteiger charge is 2.14. The van der Waals surface area contributed by atoms with Crippen LogP contribution in [-0.2, 0) is 0 Å². The van der Waals surface area contributed by atoms with E-state index in [1.54, 1.807) is 0 Å². The molecule has 26 heavy (non-hydrogen) atoms. The molecule has 1 N–H and O–H groups in total. The van der Waals surface area contributed by atoms with E-state index in [1.165, 1.54) is 46.9 Å². The largest absolute Gasteiger partial charge is 0.298 e. The van der Waals surface area contributed by atoms with Crippen molar-refractivity contribution in [3.63, 3.8) is 0 Å². The number of benzene rings is 2. The van der Waals surface area contributed by atoms with Gasteiger partial charge in [-0.2, -0.15) is 0 Å². The second-order valence-electron chi connectivity index (χ2n) is 5.28. The van der Waals surface area contributed by atoms with Gasteiger partial charge < -0.3 is 0 Å². The number of anilines is 1. The second kappa shape index (κ2) is 6.62. The van der Waals surface area contributed by atoms with Crippen LogP contribution < -0.4 is 5.32 Å². The molecule has 0 aliphatic carbocycles. The minimum atomic E-state index is -0.507. The lowest BCUT2D eigenvalue weighted by Crippen LogP contribution is -2.11. The van der Waals surface area contributed by atoms with Gasteiger partial charge in [0.15, 0.2) is 5.13 Å². The van der Waals surface area contributed by atoms with E-state index in [0.717, 1.165) is 15.2 Å². The van der Waals surface area contributed by atoms with E-state index >= 15 is 0 Å². The number of carbonyl (C=O) groups is 1. The standard InChI is InChI=1S/C17H10N4O3S2/c22-15(10-5-7-11(8-6-10)21(23)24)20-17-19-13(9-25-17)16-18-12-3-1-2-4-14(12)26-16/h1-9H,(H,19,20,22). The smallest absolute Gasteiger partial charge is 0.269 e. The van der Waals surface area contributed by atoms with Crippen LogP contribution in [0.15, 0.2) is 53.9 Å². The van der Waals surface area contributed by atoms with Crippen LogP contribution in [0.4, 0.5) is 10.8 Å². The number of nitrogens with one attached hydrogen (secondary N) is 1. The quantitative estimate of drug-likeness (QED) is 0.411. The maximum absolute atomic E-state index is 12.3. The molecule has 0 aliphatic rings. The van der Waals surface area contributed by atoms with Crippen LogP contribution >= 0.6 is 22.7 Å². The molecule has 0 radical (unpaired) electrons. The lowest BCUT2D eigenvalue weighted by atomic mass is 10.2. The minimum absolute atomic E-state index is 0.0612. The van der Waals surface area contributed by atoms with E-state index in [0.29, 0.717) is 16.4 Å². The number of nitro benzene ring substituents is 1. The third kappa shape index (κ3) is 3.17. The molecule has 7 nitrogen and oxygen atoms in total. The lowest BCUT2D eigenvalue weighted by Gasteiger charge is -2.01. The van der Waals surface area contributed by atoms with Gasteiger partial charge in [-0.15, -0.1) is 22.7 Å². The predicted octanol–water partition coefficient (Wildman–Crippen LogP) is 4.58. The molecule has 2 aromatic heterocycles. The van der Waals surface area contributed by atoms with Gasteiger partial charge in [0.2, 0.25) is 0 Å². The van der Waals surface area contributed by atoms with Gasteiger partial charge in [0.1, 0.15) is 10.7 Å². The summed E-state index contributed by atoms with van der Waals surface area (Å²) < 4.78 is 1.08. The molecule has 0 fully saturated rings. The number of amides is 1. The molecule has 0 unspecified atom stereocenters. The summed E-state index contributed by atoms with van der Waals surface area (Å²) in [5.41, 5.74) is 1.88. The van der Waals surface area contributed by atoms with Gasteiger partial charge in [0, 0.05) is 23.1 Å². The summed E-state index contributed by atoms with van der Waals surface area (Å²) >= 11 is 2.84. The van der Waals surface area contributed by atoms with Gasteiger partial charge in [-0.05, 0) is 24.3 Å². The van der Waals surface area contributed by atoms with E-state index in [-0.39, 0.29) is 11.6 Å². The fourth-order valence-electron chi connectivity index (χ4n) is 2.31. The molecule has 2 heterocycles. The van der Waals surface area contributed by atoms with Crippen LogP contribution in [0, 0.1) is 10.1 Å². The number of thiazole rings is 2. The first-order valence-electron chi connectivity index (χ1n) is 7.47. The Morgan fingerprint density at radius 3 is 2.58 bits per heavy atom. The van der Waals surface area contributed by atoms with Crippen LogP contribution in [0.2, 0.25) is 0 Å². The van der Waals surface area contributed by atoms with E-state index in [1.807, 2.05) is 29.6 Å². The molecule has 0 saturated carbocycles. The van der Waals surface area contributed by atoms with Gasteiger partial charge in [-0.1, -0.05) is 12.1 Å². The molecule has 2 aromatic carbocycles. The molecule has 0 bridgehead atoms. The number of non-ortho nitro benzene ring substituents is 1. The number of fused-ring (bicyclic) bond motifs is 1. The van der Waals surface area contributed by atoms with Gasteiger partial charge in [-0.3, -0.25) is 20.2 Å². The van der Waals surface area contributed by atoms with Crippen LogP contribution in [0.5, 0.6) is 0 Å². The van der Waals surface area contributed by atoms with Crippen molar-refractivity contribution >= 4 is 49.6 Å². The molecular formula is C17H10N4O3S2. The maximum Gasteiger partial charge on any atom is 0.269 e. The fraction of sp³-hybridized carbons (Fsp3) is 0. The van der Waals surface area contributed by atoms with E-state index in [2.05, 4.69) is 15.3 Å². The van der Waals surface area contributed by atoms with Crippen molar-refractivity contribution in [2.24, 2.45) is 0 Å². The number of para-hydroxylation sites is 1. The first-order valence-corrected chi connectivity index (χ1v) is 9.17. The summed E-state index contributed by atoms with van der Waals surface area (Å²) in [4.78, 5) is 31.4. The molecule has 9 heteroatoms. The minimum Gasteiger partial charge on any atom is -0.298 e. The Labute approximate surface area is 155 Å². The van der Waals surface area contributed by atoms with Gasteiger partial charge >= 0.3 is 0 Å². The molecule has 0 atom stereocenters. The number of aromatic nitrogens is 2. The third-order valence-corrected chi connectivity index (χ3v) is 5.39. The normalized spacial score (nSPS) is 10.8. The van der Waals surface area contributed by atoms with E-state index in [4.69, 9.17) is 0 Å². The van der Waals surface area contributed by atoms with Crippen LogP contribution in [0.1, 0.15) is 10.4 Å². The summed E-state index contributed by atoms with van der Waals surface area (Å²) in [7, 11) is 0. The Bertz CT molecular complexity index is 1090. The summed E-state index contributed by atoms with van der Waals surface area (Å²) in [5.74, 6) is -0.370. The Balaban J connectivity index is 1.52. The summed E-state index contributed by atoms with van der Waals surface area (Å²) in [6, 6.07) is 13.3. The van der Waals surface area contributed by atoms with Gasteiger partial charge in [0.05, 0.1) is 15.1 Å². The maximum atomic E-state index is 12.3. The lowest BCUT2D eigenvalue weighted by molar-refractivity contribution is -0.384. The van der Waals surface area contributed by atoms with E-state index in [9.17, 15) is 14.9 Å². The van der Waals surface area contributed by atoms with Gasteiger partial charge in [0.25, 0.3) is 11.6 Å². The Hall–Kier alpha value is -3.17. The molecule has 128 valence electrons. The van der Waals surface area contributed by atoms with Gasteiger partial charge in [-0.25, -0.2) is 9.97 Å². The van der Waals surface area contributed by atoms with Crippen molar-refractivity contribution in [3.05, 3.63) is 69.6 Å². The van der Waals surface area contributed by atoms with Crippen LogP contribution in [0.3, 0.4) is 0 Å². The summed E-state index contributed by atoms with van der Waals surface area (Å²) in [5, 5.41) is 16.4. The third-order valence-electron chi connectivity index (χ3n) is 3.58. The first-order chi connectivity index (χ1) is 12.6. The predicted molar refractivity (Wildman–Crippen MR) is 102 cm³/mol. The molecule has 0 saturated heterocycles. The van der Waals surface area contributed by atoms with Crippen molar-refractivity contribution < 1.29 is 9.72 Å². The first kappa shape index (κ1) is 16.3. The Morgan fingerprint density at radius 1 is 1.08 bits per heavy atom. The summed E-state index contributed by atoms with van der Waals surface area (Å²) in [6.07, 6.45) is 0. The monoisotopic (exact) mass is 382 g/mol. The highest BCUT2D eigenvalue weighted by atomic mass is 32.1. The molecule has 0 spiro atoms. The topological polar surface area (TPSA) is 98.0 Å². The number of hydrogen-bond acceptors (Lipinski definition) is 7. The fourth-order valence-corrected chi connectivity index (χ4v) is 4.01. The van der Waals surface area contributed by atoms with Crippen molar-refractivity contribution in [1.82, 2.24) is 9.97 Å². The van der Waals surface area contributed by atoms with Crippen molar-refractivity contribution in [2.75, 3.05) is 5.32 Å². The number of nitro groups is 1. The zero-order valence-electron chi connectivity index (χ0n) is 13.1.